The fraction of sp³-hybridized carbons (Fsp3) is 0.270. The number of likely N-dealkylation sites (tertiary alicyclic amines) is 1. The molecular weight excluding hydrogens is 635 g/mol. The van der Waals surface area contributed by atoms with Crippen LogP contribution in [-0.2, 0) is 13.2 Å². The van der Waals surface area contributed by atoms with E-state index in [1.54, 1.807) is 25.3 Å². The molecule has 0 spiro atoms. The molecule has 3 heterocycles. The Morgan fingerprint density at radius 1 is 0.857 bits per heavy atom. The van der Waals surface area contributed by atoms with E-state index < -0.39 is 17.6 Å². The maximum absolute atomic E-state index is 13.6. The Morgan fingerprint density at radius 2 is 1.51 bits per heavy atom. The molecule has 0 aliphatic carbocycles. The third-order valence-electron chi connectivity index (χ3n) is 9.11. The van der Waals surface area contributed by atoms with Crippen molar-refractivity contribution in [2.45, 2.75) is 25.1 Å². The Labute approximate surface area is 282 Å². The van der Waals surface area contributed by atoms with E-state index >= 15 is 0 Å². The summed E-state index contributed by atoms with van der Waals surface area (Å²) in [7, 11) is 7.13. The van der Waals surface area contributed by atoms with Crippen LogP contribution in [0.3, 0.4) is 0 Å². The molecule has 254 valence electrons. The van der Waals surface area contributed by atoms with Crippen molar-refractivity contribution in [3.63, 3.8) is 0 Å². The average Bonchev–Trinajstić information content (AvgIpc) is 3.45. The molecule has 0 N–H and O–H groups in total. The Bertz CT molecular complexity index is 1950. The van der Waals surface area contributed by atoms with Gasteiger partial charge in [-0.25, -0.2) is 4.98 Å². The fourth-order valence-corrected chi connectivity index (χ4v) is 6.11. The van der Waals surface area contributed by atoms with Gasteiger partial charge in [0.25, 0.3) is 11.8 Å². The Kier molecular flexibility index (Phi) is 9.22. The van der Waals surface area contributed by atoms with Gasteiger partial charge in [-0.1, -0.05) is 0 Å². The van der Waals surface area contributed by atoms with Crippen LogP contribution in [0, 0.1) is 0 Å². The molecule has 1 aliphatic heterocycles. The molecule has 0 radical (unpaired) electrons. The number of rotatable bonds is 8. The zero-order chi connectivity index (χ0) is 34.9. The van der Waals surface area contributed by atoms with E-state index in [-0.39, 0.29) is 17.4 Å². The van der Waals surface area contributed by atoms with Gasteiger partial charge in [0.15, 0.2) is 0 Å². The minimum Gasteiger partial charge on any atom is -0.497 e. The molecule has 5 aromatic rings. The molecule has 12 heteroatoms. The number of hydrogen-bond donors (Lipinski definition) is 0. The van der Waals surface area contributed by atoms with Crippen LogP contribution >= 0.6 is 0 Å². The number of anilines is 2. The molecule has 1 fully saturated rings. The van der Waals surface area contributed by atoms with Gasteiger partial charge in [0.2, 0.25) is 5.88 Å². The highest BCUT2D eigenvalue weighted by Crippen LogP contribution is 2.31. The van der Waals surface area contributed by atoms with Gasteiger partial charge in [0, 0.05) is 68.5 Å². The van der Waals surface area contributed by atoms with Crippen molar-refractivity contribution in [3.8, 4) is 17.4 Å². The summed E-state index contributed by atoms with van der Waals surface area (Å²) < 4.78 is 51.8. The second-order valence-electron chi connectivity index (χ2n) is 12.0. The van der Waals surface area contributed by atoms with E-state index in [0.717, 1.165) is 59.4 Å². The molecule has 0 unspecified atom stereocenters. The van der Waals surface area contributed by atoms with Crippen molar-refractivity contribution in [3.05, 3.63) is 108 Å². The number of amides is 2. The van der Waals surface area contributed by atoms with Gasteiger partial charge in [0.1, 0.15) is 17.2 Å². The van der Waals surface area contributed by atoms with Gasteiger partial charge < -0.3 is 28.7 Å². The highest BCUT2D eigenvalue weighted by Gasteiger charge is 2.31. The summed E-state index contributed by atoms with van der Waals surface area (Å²) in [5.41, 5.74) is 2.33. The molecule has 2 amide bonds. The molecule has 2 aromatic heterocycles. The van der Waals surface area contributed by atoms with E-state index in [2.05, 4.69) is 16.9 Å². The van der Waals surface area contributed by atoms with Crippen LogP contribution in [0.25, 0.3) is 10.9 Å². The van der Waals surface area contributed by atoms with Gasteiger partial charge in [-0.3, -0.25) is 9.59 Å². The molecule has 0 saturated carbocycles. The summed E-state index contributed by atoms with van der Waals surface area (Å²) in [6, 6.07) is 23.0. The summed E-state index contributed by atoms with van der Waals surface area (Å²) >= 11 is 0. The van der Waals surface area contributed by atoms with Gasteiger partial charge in [-0.2, -0.15) is 13.2 Å². The Hall–Kier alpha value is -5.52. The monoisotopic (exact) mass is 671 g/mol. The molecule has 0 bridgehead atoms. The van der Waals surface area contributed by atoms with Crippen LogP contribution in [0.1, 0.15) is 39.3 Å². The lowest BCUT2D eigenvalue weighted by atomic mass is 10.0. The van der Waals surface area contributed by atoms with Gasteiger partial charge >= 0.3 is 6.18 Å². The smallest absolute Gasteiger partial charge is 0.416 e. The van der Waals surface area contributed by atoms with Crippen LogP contribution in [0.15, 0.2) is 91.1 Å². The molecule has 6 rings (SSSR count). The number of pyridine rings is 1. The minimum atomic E-state index is -4.48. The van der Waals surface area contributed by atoms with Crippen molar-refractivity contribution < 1.29 is 32.2 Å². The molecule has 0 atom stereocenters. The van der Waals surface area contributed by atoms with Crippen molar-refractivity contribution >= 4 is 34.1 Å². The standard InChI is InChI=1S/C37H36F3N5O4/c1-42(27-9-12-30(48-4)13-10-27)28-17-19-45(20-18-28)36(47)33-22-25-21-31(14-15-32(25)44(33)3)49-34-16-11-29(23-41-34)43(2)35(46)24-5-7-26(8-6-24)37(38,39)40/h5-16,21-23,28H,17-20H2,1-4H3. The Morgan fingerprint density at radius 3 is 2.12 bits per heavy atom. The number of benzene rings is 3. The van der Waals surface area contributed by atoms with E-state index in [4.69, 9.17) is 9.47 Å². The second-order valence-corrected chi connectivity index (χ2v) is 12.0. The van der Waals surface area contributed by atoms with Crippen molar-refractivity contribution in [1.29, 1.82) is 0 Å². The van der Waals surface area contributed by atoms with Crippen LogP contribution < -0.4 is 19.3 Å². The van der Waals surface area contributed by atoms with Crippen LogP contribution in [0.2, 0.25) is 0 Å². The van der Waals surface area contributed by atoms with Crippen LogP contribution in [0.4, 0.5) is 24.5 Å². The first kappa shape index (κ1) is 33.4. The summed E-state index contributed by atoms with van der Waals surface area (Å²) in [4.78, 5) is 36.3. The summed E-state index contributed by atoms with van der Waals surface area (Å²) in [5.74, 6) is 1.13. The number of fused-ring (bicyclic) bond motifs is 1. The van der Waals surface area contributed by atoms with Crippen LogP contribution in [0.5, 0.6) is 17.4 Å². The normalized spacial score (nSPS) is 13.7. The highest BCUT2D eigenvalue weighted by atomic mass is 19.4. The lowest BCUT2D eigenvalue weighted by Gasteiger charge is -2.38. The van der Waals surface area contributed by atoms with Gasteiger partial charge in [0.05, 0.1) is 24.6 Å². The van der Waals surface area contributed by atoms with Gasteiger partial charge in [-0.05, 0) is 91.7 Å². The number of ether oxygens (including phenoxy) is 2. The number of nitrogens with zero attached hydrogens (tertiary/aromatic N) is 5. The average molecular weight is 672 g/mol. The molecule has 3 aromatic carbocycles. The van der Waals surface area contributed by atoms with E-state index in [9.17, 15) is 22.8 Å². The molecular formula is C37H36F3N5O4. The number of carbonyl (C=O) groups excluding carboxylic acids is 2. The third kappa shape index (κ3) is 7.03. The molecule has 9 nitrogen and oxygen atoms in total. The zero-order valence-electron chi connectivity index (χ0n) is 27.6. The predicted molar refractivity (Wildman–Crippen MR) is 182 cm³/mol. The summed E-state index contributed by atoms with van der Waals surface area (Å²) in [6.07, 6.45) is -1.30. The first-order valence-electron chi connectivity index (χ1n) is 15.8. The zero-order valence-corrected chi connectivity index (χ0v) is 27.6. The van der Waals surface area contributed by atoms with Crippen LogP contribution in [-0.4, -0.2) is 66.6 Å². The van der Waals surface area contributed by atoms with Crippen molar-refractivity contribution in [2.24, 2.45) is 7.05 Å². The lowest BCUT2D eigenvalue weighted by Crippen LogP contribution is -2.46. The fourth-order valence-electron chi connectivity index (χ4n) is 6.11. The number of aryl methyl sites for hydroxylation is 1. The van der Waals surface area contributed by atoms with Gasteiger partial charge in [-0.15, -0.1) is 0 Å². The predicted octanol–water partition coefficient (Wildman–Crippen LogP) is 7.41. The second kappa shape index (κ2) is 13.5. The van der Waals surface area contributed by atoms with Crippen molar-refractivity contribution in [2.75, 3.05) is 44.1 Å². The number of aromatic nitrogens is 2. The third-order valence-corrected chi connectivity index (χ3v) is 9.11. The maximum Gasteiger partial charge on any atom is 0.416 e. The molecule has 1 saturated heterocycles. The Balaban J connectivity index is 1.08. The number of methoxy groups -OCH3 is 1. The SMILES string of the molecule is COc1ccc(N(C)C2CCN(C(=O)c3cc4cc(Oc5ccc(N(C)C(=O)c6ccc(C(F)(F)F)cc6)cn5)ccc4n3C)CC2)cc1. The maximum atomic E-state index is 13.6. The number of halogens is 3. The number of hydrogen-bond acceptors (Lipinski definition) is 6. The quantitative estimate of drug-likeness (QED) is 0.171. The molecule has 1 aliphatic rings. The minimum absolute atomic E-state index is 0.0149. The van der Waals surface area contributed by atoms with Crippen molar-refractivity contribution in [1.82, 2.24) is 14.5 Å². The largest absolute Gasteiger partial charge is 0.497 e. The summed E-state index contributed by atoms with van der Waals surface area (Å²) in [5, 5.41) is 0.843. The topological polar surface area (TPSA) is 80.1 Å². The number of carbonyl (C=O) groups is 2. The first-order valence-corrected chi connectivity index (χ1v) is 15.8. The first-order chi connectivity index (χ1) is 23.4. The van der Waals surface area contributed by atoms with E-state index in [1.165, 1.54) is 18.1 Å². The summed E-state index contributed by atoms with van der Waals surface area (Å²) in [6.45, 7) is 1.32. The lowest BCUT2D eigenvalue weighted by molar-refractivity contribution is -0.137. The van der Waals surface area contributed by atoms with E-state index in [1.807, 2.05) is 59.0 Å². The number of piperidine rings is 1. The van der Waals surface area contributed by atoms with E-state index in [0.29, 0.717) is 36.3 Å². The number of alkyl halides is 3. The highest BCUT2D eigenvalue weighted by molar-refractivity contribution is 6.05. The molecule has 49 heavy (non-hydrogen) atoms.